The number of likely N-dealkylation sites (tertiary alicyclic amines) is 1. The highest BCUT2D eigenvalue weighted by Crippen LogP contribution is 2.40. The number of carboxylic acids is 1. The van der Waals surface area contributed by atoms with Gasteiger partial charge in [-0.1, -0.05) is 0 Å². The minimum atomic E-state index is -0.879. The number of aliphatic carboxylic acids is 1. The third-order valence-electron chi connectivity index (χ3n) is 4.28. The van der Waals surface area contributed by atoms with Gasteiger partial charge in [0, 0.05) is 13.1 Å². The SMILES string of the molecule is CC(C)(C)OC(=O)N1CCC2(CC[C@@H](C(=O)O)OC2)CC1. The van der Waals surface area contributed by atoms with Gasteiger partial charge in [0.1, 0.15) is 5.60 Å². The Labute approximate surface area is 125 Å². The maximum Gasteiger partial charge on any atom is 0.410 e. The first-order chi connectivity index (χ1) is 9.71. The van der Waals surface area contributed by atoms with E-state index in [2.05, 4.69) is 0 Å². The van der Waals surface area contributed by atoms with Crippen LogP contribution in [0.2, 0.25) is 0 Å². The number of carbonyl (C=O) groups excluding carboxylic acids is 1. The smallest absolute Gasteiger partial charge is 0.410 e. The van der Waals surface area contributed by atoms with Crippen LogP contribution in [0.25, 0.3) is 0 Å². The molecule has 21 heavy (non-hydrogen) atoms. The maximum absolute atomic E-state index is 12.0. The Morgan fingerprint density at radius 3 is 2.29 bits per heavy atom. The lowest BCUT2D eigenvalue weighted by Gasteiger charge is -2.45. The van der Waals surface area contributed by atoms with Crippen molar-refractivity contribution in [1.29, 1.82) is 0 Å². The highest BCUT2D eigenvalue weighted by atomic mass is 16.6. The van der Waals surface area contributed by atoms with E-state index < -0.39 is 17.7 Å². The van der Waals surface area contributed by atoms with E-state index in [0.29, 0.717) is 26.1 Å². The van der Waals surface area contributed by atoms with Gasteiger partial charge in [0.2, 0.25) is 0 Å². The Bertz CT molecular complexity index is 397. The minimum Gasteiger partial charge on any atom is -0.479 e. The summed E-state index contributed by atoms with van der Waals surface area (Å²) in [5, 5.41) is 8.95. The van der Waals surface area contributed by atoms with Crippen LogP contribution in [0.3, 0.4) is 0 Å². The summed E-state index contributed by atoms with van der Waals surface area (Å²) in [7, 11) is 0. The van der Waals surface area contributed by atoms with E-state index in [9.17, 15) is 9.59 Å². The van der Waals surface area contributed by atoms with Crippen molar-refractivity contribution in [2.75, 3.05) is 19.7 Å². The van der Waals surface area contributed by atoms with E-state index >= 15 is 0 Å². The van der Waals surface area contributed by atoms with Crippen molar-refractivity contribution in [3.05, 3.63) is 0 Å². The van der Waals surface area contributed by atoms with Gasteiger partial charge in [-0.25, -0.2) is 9.59 Å². The molecule has 2 fully saturated rings. The number of carbonyl (C=O) groups is 2. The highest BCUT2D eigenvalue weighted by Gasteiger charge is 2.41. The van der Waals surface area contributed by atoms with Gasteiger partial charge >= 0.3 is 12.1 Å². The predicted octanol–water partition coefficient (Wildman–Crippen LogP) is 2.27. The number of carboxylic acid groups (broad SMARTS) is 1. The van der Waals surface area contributed by atoms with E-state index in [1.165, 1.54) is 0 Å². The monoisotopic (exact) mass is 299 g/mol. The second kappa shape index (κ2) is 5.83. The molecule has 2 aliphatic heterocycles. The van der Waals surface area contributed by atoms with Gasteiger partial charge in [0.05, 0.1) is 6.61 Å². The van der Waals surface area contributed by atoms with E-state index in [4.69, 9.17) is 14.6 Å². The molecular formula is C15H25NO5. The molecular weight excluding hydrogens is 274 g/mol. The van der Waals surface area contributed by atoms with Crippen LogP contribution < -0.4 is 0 Å². The molecule has 2 aliphatic rings. The van der Waals surface area contributed by atoms with Crippen LogP contribution in [0, 0.1) is 5.41 Å². The molecule has 1 spiro atoms. The fourth-order valence-corrected chi connectivity index (χ4v) is 2.95. The summed E-state index contributed by atoms with van der Waals surface area (Å²) in [6.45, 7) is 7.35. The van der Waals surface area contributed by atoms with Crippen LogP contribution in [0.5, 0.6) is 0 Å². The summed E-state index contributed by atoms with van der Waals surface area (Å²) >= 11 is 0. The molecule has 6 heteroatoms. The molecule has 0 aromatic rings. The largest absolute Gasteiger partial charge is 0.479 e. The zero-order valence-electron chi connectivity index (χ0n) is 13.1. The molecule has 0 aromatic carbocycles. The average molecular weight is 299 g/mol. The Hall–Kier alpha value is -1.30. The third-order valence-corrected chi connectivity index (χ3v) is 4.28. The van der Waals surface area contributed by atoms with Crippen LogP contribution in [-0.2, 0) is 14.3 Å². The predicted molar refractivity (Wildman–Crippen MR) is 76.1 cm³/mol. The van der Waals surface area contributed by atoms with Gasteiger partial charge in [-0.2, -0.15) is 0 Å². The van der Waals surface area contributed by atoms with Gasteiger partial charge in [-0.3, -0.25) is 0 Å². The molecule has 1 atom stereocenters. The summed E-state index contributed by atoms with van der Waals surface area (Å²) in [6, 6.07) is 0. The van der Waals surface area contributed by atoms with Crippen LogP contribution >= 0.6 is 0 Å². The Morgan fingerprint density at radius 2 is 1.86 bits per heavy atom. The minimum absolute atomic E-state index is 0.0322. The van der Waals surface area contributed by atoms with Crippen LogP contribution in [0.4, 0.5) is 4.79 Å². The molecule has 0 aliphatic carbocycles. The lowest BCUT2D eigenvalue weighted by Crippen LogP contribution is -2.49. The summed E-state index contributed by atoms with van der Waals surface area (Å²) in [4.78, 5) is 24.7. The van der Waals surface area contributed by atoms with Crippen molar-refractivity contribution in [3.63, 3.8) is 0 Å². The quantitative estimate of drug-likeness (QED) is 0.803. The summed E-state index contributed by atoms with van der Waals surface area (Å²) in [6.07, 6.45) is 2.17. The van der Waals surface area contributed by atoms with Gasteiger partial charge in [-0.15, -0.1) is 0 Å². The normalized spacial score (nSPS) is 25.7. The van der Waals surface area contributed by atoms with Gasteiger partial charge in [0.15, 0.2) is 6.10 Å². The Morgan fingerprint density at radius 1 is 1.24 bits per heavy atom. The number of hydrogen-bond donors (Lipinski definition) is 1. The first kappa shape index (κ1) is 16.1. The standard InChI is InChI=1S/C15H25NO5/c1-14(2,3)21-13(19)16-8-6-15(7-9-16)5-4-11(12(17)18)20-10-15/h11H,4-10H2,1-3H3,(H,17,18)/t11-/m0/s1. The molecule has 0 aromatic heterocycles. The molecule has 6 nitrogen and oxygen atoms in total. The molecule has 2 saturated heterocycles. The van der Waals surface area contributed by atoms with Crippen molar-refractivity contribution in [3.8, 4) is 0 Å². The summed E-state index contributed by atoms with van der Waals surface area (Å²) in [5.41, 5.74) is -0.445. The molecule has 1 N–H and O–H groups in total. The third kappa shape index (κ3) is 4.09. The molecule has 2 heterocycles. The molecule has 0 bridgehead atoms. The average Bonchev–Trinajstić information content (AvgIpc) is 2.38. The van der Waals surface area contributed by atoms with E-state index in [-0.39, 0.29) is 11.5 Å². The van der Waals surface area contributed by atoms with Crippen molar-refractivity contribution in [2.45, 2.75) is 58.2 Å². The lowest BCUT2D eigenvalue weighted by molar-refractivity contribution is -0.161. The first-order valence-corrected chi connectivity index (χ1v) is 7.53. The van der Waals surface area contributed by atoms with Crippen molar-refractivity contribution in [1.82, 2.24) is 4.90 Å². The number of piperidine rings is 1. The molecule has 0 saturated carbocycles. The van der Waals surface area contributed by atoms with Crippen LogP contribution in [0.15, 0.2) is 0 Å². The number of hydrogen-bond acceptors (Lipinski definition) is 4. The van der Waals surface area contributed by atoms with E-state index in [1.54, 1.807) is 4.90 Å². The van der Waals surface area contributed by atoms with Crippen molar-refractivity contribution >= 4 is 12.1 Å². The molecule has 0 unspecified atom stereocenters. The highest BCUT2D eigenvalue weighted by molar-refractivity contribution is 5.72. The number of ether oxygens (including phenoxy) is 2. The second-order valence-corrected chi connectivity index (χ2v) is 7.14. The first-order valence-electron chi connectivity index (χ1n) is 7.53. The van der Waals surface area contributed by atoms with E-state index in [1.807, 2.05) is 20.8 Å². The Kier molecular flexibility index (Phi) is 4.46. The zero-order chi connectivity index (χ0) is 15.7. The topological polar surface area (TPSA) is 76.1 Å². The molecule has 2 rings (SSSR count). The van der Waals surface area contributed by atoms with E-state index in [0.717, 1.165) is 19.3 Å². The fraction of sp³-hybridized carbons (Fsp3) is 0.867. The summed E-state index contributed by atoms with van der Waals surface area (Å²) < 4.78 is 10.9. The Balaban J connectivity index is 1.84. The zero-order valence-corrected chi connectivity index (χ0v) is 13.1. The lowest BCUT2D eigenvalue weighted by atomic mass is 9.73. The number of nitrogens with zero attached hydrogens (tertiary/aromatic N) is 1. The van der Waals surface area contributed by atoms with Crippen LogP contribution in [-0.4, -0.2) is 53.5 Å². The number of amides is 1. The molecule has 0 radical (unpaired) electrons. The second-order valence-electron chi connectivity index (χ2n) is 7.14. The molecule has 1 amide bonds. The molecule has 120 valence electrons. The van der Waals surface area contributed by atoms with Crippen molar-refractivity contribution in [2.24, 2.45) is 5.41 Å². The van der Waals surface area contributed by atoms with Crippen molar-refractivity contribution < 1.29 is 24.2 Å². The number of rotatable bonds is 1. The maximum atomic E-state index is 12.0. The van der Waals surface area contributed by atoms with Gasteiger partial charge in [0.25, 0.3) is 0 Å². The summed E-state index contributed by atoms with van der Waals surface area (Å²) in [5.74, 6) is -0.879. The fourth-order valence-electron chi connectivity index (χ4n) is 2.95. The van der Waals surface area contributed by atoms with Gasteiger partial charge < -0.3 is 19.5 Å². The van der Waals surface area contributed by atoms with Crippen LogP contribution in [0.1, 0.15) is 46.5 Å². The van der Waals surface area contributed by atoms with Gasteiger partial charge in [-0.05, 0) is 51.9 Å².